The van der Waals surface area contributed by atoms with Gasteiger partial charge >= 0.3 is 0 Å². The second-order valence-electron chi connectivity index (χ2n) is 8.58. The third-order valence-electron chi connectivity index (χ3n) is 5.37. The van der Waals surface area contributed by atoms with Crippen LogP contribution in [0.4, 0.5) is 0 Å². The fraction of sp³-hybridized carbons (Fsp3) is 0.240. The first-order chi connectivity index (χ1) is 15.1. The number of H-pyrrole nitrogens is 1. The van der Waals surface area contributed by atoms with E-state index in [9.17, 15) is 8.42 Å². The normalized spacial score (nSPS) is 12.2. The first kappa shape index (κ1) is 21.9. The summed E-state index contributed by atoms with van der Waals surface area (Å²) in [6.07, 6.45) is 0. The Morgan fingerprint density at radius 1 is 0.875 bits per heavy atom. The van der Waals surface area contributed by atoms with E-state index in [-0.39, 0.29) is 15.3 Å². The molecule has 32 heavy (non-hydrogen) atoms. The summed E-state index contributed by atoms with van der Waals surface area (Å²) in [5.41, 5.74) is 2.33. The van der Waals surface area contributed by atoms with Gasteiger partial charge in [-0.05, 0) is 54.1 Å². The Bertz CT molecular complexity index is 1380. The van der Waals surface area contributed by atoms with Crippen LogP contribution in [0.3, 0.4) is 0 Å². The summed E-state index contributed by atoms with van der Waals surface area (Å²) in [6, 6.07) is 17.7. The molecule has 0 saturated heterocycles. The lowest BCUT2D eigenvalue weighted by molar-refractivity contribution is 0.415. The van der Waals surface area contributed by atoms with Crippen molar-refractivity contribution in [3.8, 4) is 22.8 Å². The molecule has 0 saturated carbocycles. The van der Waals surface area contributed by atoms with Crippen LogP contribution in [-0.2, 0) is 15.3 Å². The van der Waals surface area contributed by atoms with Gasteiger partial charge in [-0.1, -0.05) is 26.8 Å². The van der Waals surface area contributed by atoms with Gasteiger partial charge in [-0.15, -0.1) is 0 Å². The Labute approximate surface area is 188 Å². The zero-order valence-corrected chi connectivity index (χ0v) is 19.6. The third-order valence-corrected chi connectivity index (χ3v) is 7.11. The van der Waals surface area contributed by atoms with E-state index in [1.165, 1.54) is 0 Å². The lowest BCUT2D eigenvalue weighted by atomic mass is 9.92. The van der Waals surface area contributed by atoms with Crippen molar-refractivity contribution in [1.82, 2.24) is 9.97 Å². The van der Waals surface area contributed by atoms with Crippen LogP contribution in [0.15, 0.2) is 70.6 Å². The maximum absolute atomic E-state index is 13.9. The second-order valence-corrected chi connectivity index (χ2v) is 10.4. The summed E-state index contributed by atoms with van der Waals surface area (Å²) in [5.74, 6) is 1.33. The lowest BCUT2D eigenvalue weighted by Crippen LogP contribution is -2.16. The zero-order valence-electron chi connectivity index (χ0n) is 18.8. The molecule has 0 aliphatic heterocycles. The van der Waals surface area contributed by atoms with Crippen molar-refractivity contribution >= 4 is 20.7 Å². The number of benzene rings is 2. The molecule has 2 aromatic carbocycles. The highest BCUT2D eigenvalue weighted by atomic mass is 32.2. The van der Waals surface area contributed by atoms with Gasteiger partial charge in [-0.2, -0.15) is 0 Å². The molecule has 0 atom stereocenters. The van der Waals surface area contributed by atoms with Crippen molar-refractivity contribution in [3.05, 3.63) is 66.4 Å². The SMILES string of the molecule is COc1ccc(-c2[nH]c3cc(OC)ccc3c2S(=O)(=O)c2cccc(C(C)(C)C)n2)cc1. The number of hydrogen-bond donors (Lipinski definition) is 1. The van der Waals surface area contributed by atoms with Gasteiger partial charge in [0.1, 0.15) is 16.4 Å². The Morgan fingerprint density at radius 3 is 2.16 bits per heavy atom. The molecule has 0 aliphatic rings. The predicted octanol–water partition coefficient (Wildman–Crippen LogP) is 5.38. The molecule has 0 spiro atoms. The highest BCUT2D eigenvalue weighted by Gasteiger charge is 2.29. The molecular formula is C25H26N2O4S. The summed E-state index contributed by atoms with van der Waals surface area (Å²) in [6.45, 7) is 6.02. The number of rotatable bonds is 5. The Hall–Kier alpha value is -3.32. The molecule has 2 aromatic heterocycles. The van der Waals surface area contributed by atoms with Crippen LogP contribution in [0.1, 0.15) is 26.5 Å². The van der Waals surface area contributed by atoms with Crippen LogP contribution in [0.5, 0.6) is 11.5 Å². The monoisotopic (exact) mass is 450 g/mol. The highest BCUT2D eigenvalue weighted by Crippen LogP contribution is 2.38. The van der Waals surface area contributed by atoms with E-state index >= 15 is 0 Å². The van der Waals surface area contributed by atoms with Crippen LogP contribution < -0.4 is 9.47 Å². The maximum Gasteiger partial charge on any atom is 0.226 e. The first-order valence-corrected chi connectivity index (χ1v) is 11.7. The number of hydrogen-bond acceptors (Lipinski definition) is 5. The Kier molecular flexibility index (Phi) is 5.46. The van der Waals surface area contributed by atoms with E-state index < -0.39 is 9.84 Å². The van der Waals surface area contributed by atoms with Crippen molar-refractivity contribution in [3.63, 3.8) is 0 Å². The van der Waals surface area contributed by atoms with E-state index in [1.54, 1.807) is 56.7 Å². The average Bonchev–Trinajstić information content (AvgIpc) is 3.18. The number of ether oxygens (including phenoxy) is 2. The number of nitrogens with zero attached hydrogens (tertiary/aromatic N) is 1. The minimum absolute atomic E-state index is 0.0244. The summed E-state index contributed by atoms with van der Waals surface area (Å²) in [4.78, 5) is 8.01. The van der Waals surface area contributed by atoms with E-state index in [1.807, 2.05) is 39.0 Å². The third kappa shape index (κ3) is 3.84. The summed E-state index contributed by atoms with van der Waals surface area (Å²) < 4.78 is 38.4. The first-order valence-electron chi connectivity index (χ1n) is 10.2. The molecule has 7 heteroatoms. The topological polar surface area (TPSA) is 81.3 Å². The second kappa shape index (κ2) is 7.98. The molecule has 4 aromatic rings. The van der Waals surface area contributed by atoms with Crippen molar-refractivity contribution in [2.24, 2.45) is 0 Å². The van der Waals surface area contributed by atoms with Crippen LogP contribution >= 0.6 is 0 Å². The van der Waals surface area contributed by atoms with Crippen molar-refractivity contribution < 1.29 is 17.9 Å². The quantitative estimate of drug-likeness (QED) is 0.442. The number of sulfone groups is 1. The number of methoxy groups -OCH3 is 2. The molecule has 0 unspecified atom stereocenters. The molecule has 6 nitrogen and oxygen atoms in total. The molecule has 166 valence electrons. The number of pyridine rings is 1. The highest BCUT2D eigenvalue weighted by molar-refractivity contribution is 7.91. The summed E-state index contributed by atoms with van der Waals surface area (Å²) in [7, 11) is -0.765. The van der Waals surface area contributed by atoms with Crippen molar-refractivity contribution in [1.29, 1.82) is 0 Å². The molecular weight excluding hydrogens is 424 g/mol. The largest absolute Gasteiger partial charge is 0.497 e. The maximum atomic E-state index is 13.9. The number of nitrogens with one attached hydrogen (secondary N) is 1. The minimum Gasteiger partial charge on any atom is -0.497 e. The van der Waals surface area contributed by atoms with E-state index in [2.05, 4.69) is 9.97 Å². The van der Waals surface area contributed by atoms with Gasteiger partial charge in [0.05, 0.1) is 25.4 Å². The van der Waals surface area contributed by atoms with E-state index in [0.717, 1.165) is 5.56 Å². The fourth-order valence-corrected chi connectivity index (χ4v) is 5.20. The summed E-state index contributed by atoms with van der Waals surface area (Å²) in [5, 5.41) is 0.607. The van der Waals surface area contributed by atoms with Gasteiger partial charge in [0.2, 0.25) is 9.84 Å². The smallest absolute Gasteiger partial charge is 0.226 e. The number of aromatic amines is 1. The van der Waals surface area contributed by atoms with Gasteiger partial charge in [-0.25, -0.2) is 13.4 Å². The van der Waals surface area contributed by atoms with E-state index in [0.29, 0.717) is 33.8 Å². The minimum atomic E-state index is -3.93. The number of fused-ring (bicyclic) bond motifs is 1. The van der Waals surface area contributed by atoms with Gasteiger partial charge in [0.25, 0.3) is 0 Å². The average molecular weight is 451 g/mol. The molecule has 0 aliphatic carbocycles. The van der Waals surface area contributed by atoms with Gasteiger partial charge in [0.15, 0.2) is 5.03 Å². The van der Waals surface area contributed by atoms with E-state index in [4.69, 9.17) is 9.47 Å². The predicted molar refractivity (Wildman–Crippen MR) is 125 cm³/mol. The molecule has 2 heterocycles. The Morgan fingerprint density at radius 2 is 1.53 bits per heavy atom. The standard InChI is InChI=1S/C25H26N2O4S/c1-25(2,3)21-7-6-8-22(27-21)32(28,29)24-19-14-13-18(31-5)15-20(19)26-23(24)16-9-11-17(30-4)12-10-16/h6-15,26H,1-5H3. The molecule has 0 bridgehead atoms. The molecule has 4 rings (SSSR count). The van der Waals surface area contributed by atoms with Gasteiger partial charge in [-0.3, -0.25) is 0 Å². The van der Waals surface area contributed by atoms with Crippen molar-refractivity contribution in [2.45, 2.75) is 36.1 Å². The van der Waals surface area contributed by atoms with Crippen molar-refractivity contribution in [2.75, 3.05) is 14.2 Å². The van der Waals surface area contributed by atoms with Crippen LogP contribution in [0, 0.1) is 0 Å². The Balaban J connectivity index is 1.99. The van der Waals surface area contributed by atoms with Gasteiger partial charge in [0, 0.05) is 22.6 Å². The molecule has 0 fully saturated rings. The number of aromatic nitrogens is 2. The van der Waals surface area contributed by atoms with Gasteiger partial charge < -0.3 is 14.5 Å². The van der Waals surface area contributed by atoms with Crippen LogP contribution in [0.2, 0.25) is 0 Å². The molecule has 1 N–H and O–H groups in total. The van der Waals surface area contributed by atoms with Crippen LogP contribution in [0.25, 0.3) is 22.2 Å². The summed E-state index contributed by atoms with van der Waals surface area (Å²) >= 11 is 0. The fourth-order valence-electron chi connectivity index (χ4n) is 3.60. The van der Waals surface area contributed by atoms with Crippen LogP contribution in [-0.4, -0.2) is 32.6 Å². The molecule has 0 amide bonds. The molecule has 0 radical (unpaired) electrons. The lowest BCUT2D eigenvalue weighted by Gasteiger charge is -2.18. The zero-order chi connectivity index (χ0) is 23.1.